The maximum Gasteiger partial charge on any atom is 0.410 e. The third-order valence-electron chi connectivity index (χ3n) is 5.32. The molecule has 2 aliphatic heterocycles. The summed E-state index contributed by atoms with van der Waals surface area (Å²) in [4.78, 5) is 15.8. The number of likely N-dealkylation sites (tertiary alicyclic amines) is 1. The number of amides is 1. The Balaban J connectivity index is 1.75. The molecule has 3 rings (SSSR count). The second kappa shape index (κ2) is 6.87. The minimum absolute atomic E-state index is 0.193. The molecule has 5 heteroatoms. The van der Waals surface area contributed by atoms with Gasteiger partial charge in [0.05, 0.1) is 13.2 Å². The average molecular weight is 346 g/mol. The van der Waals surface area contributed by atoms with E-state index in [-0.39, 0.29) is 11.7 Å². The van der Waals surface area contributed by atoms with Crippen LogP contribution in [0, 0.1) is 6.92 Å². The highest BCUT2D eigenvalue weighted by Gasteiger charge is 2.48. The van der Waals surface area contributed by atoms with Gasteiger partial charge in [-0.25, -0.2) is 4.79 Å². The molecule has 0 unspecified atom stereocenters. The zero-order valence-corrected chi connectivity index (χ0v) is 16.1. The van der Waals surface area contributed by atoms with Crippen LogP contribution >= 0.6 is 0 Å². The summed E-state index contributed by atoms with van der Waals surface area (Å²) in [6.45, 7) is 12.6. The van der Waals surface area contributed by atoms with Gasteiger partial charge in [-0.2, -0.15) is 0 Å². The Hall–Kier alpha value is -1.75. The summed E-state index contributed by atoms with van der Waals surface area (Å²) in [5.41, 5.74) is 3.55. The van der Waals surface area contributed by atoms with Crippen LogP contribution < -0.4 is 4.74 Å². The Morgan fingerprint density at radius 2 is 2.08 bits per heavy atom. The normalized spacial score (nSPS) is 23.8. The van der Waals surface area contributed by atoms with E-state index in [0.717, 1.165) is 31.8 Å². The van der Waals surface area contributed by atoms with Crippen LogP contribution in [0.5, 0.6) is 5.75 Å². The van der Waals surface area contributed by atoms with Crippen LogP contribution in [-0.2, 0) is 11.3 Å². The number of nitrogens with zero attached hydrogens (tertiary/aromatic N) is 2. The number of benzene rings is 1. The first-order valence-corrected chi connectivity index (χ1v) is 9.26. The molecule has 1 aromatic carbocycles. The van der Waals surface area contributed by atoms with E-state index in [1.165, 1.54) is 16.7 Å². The number of carbonyl (C=O) groups excluding carboxylic acids is 1. The molecule has 25 heavy (non-hydrogen) atoms. The average Bonchev–Trinajstić information content (AvgIpc) is 3.04. The highest BCUT2D eigenvalue weighted by Crippen LogP contribution is 2.34. The van der Waals surface area contributed by atoms with E-state index in [9.17, 15) is 4.79 Å². The second-order valence-corrected chi connectivity index (χ2v) is 7.77. The van der Waals surface area contributed by atoms with Crippen molar-refractivity contribution in [3.8, 4) is 5.75 Å². The zero-order valence-electron chi connectivity index (χ0n) is 16.1. The SMILES string of the molecule is CCOc1cc(C)c(CN2CC[C@]3(C2)CN(C)C(=O)O3)cc1C(C)C. The number of ether oxygens (including phenoxy) is 2. The maximum atomic E-state index is 11.7. The van der Waals surface area contributed by atoms with Crippen molar-refractivity contribution >= 4 is 6.09 Å². The molecular formula is C20H30N2O3. The monoisotopic (exact) mass is 346 g/mol. The number of rotatable bonds is 5. The summed E-state index contributed by atoms with van der Waals surface area (Å²) in [5, 5.41) is 0. The number of hydrogen-bond acceptors (Lipinski definition) is 4. The first-order valence-electron chi connectivity index (χ1n) is 9.26. The largest absolute Gasteiger partial charge is 0.494 e. The van der Waals surface area contributed by atoms with E-state index in [1.807, 2.05) is 14.0 Å². The smallest absolute Gasteiger partial charge is 0.410 e. The number of carbonyl (C=O) groups is 1. The molecule has 2 aliphatic rings. The van der Waals surface area contributed by atoms with Gasteiger partial charge in [0.1, 0.15) is 11.4 Å². The highest BCUT2D eigenvalue weighted by atomic mass is 16.6. The first-order chi connectivity index (χ1) is 11.8. The van der Waals surface area contributed by atoms with Crippen LogP contribution in [0.2, 0.25) is 0 Å². The Labute approximate surface area is 150 Å². The van der Waals surface area contributed by atoms with Crippen LogP contribution in [0.3, 0.4) is 0 Å². The standard InChI is InChI=1S/C20H30N2O3/c1-6-24-18-9-15(4)16(10-17(18)14(2)3)11-22-8-7-20(13-22)12-21(5)19(23)25-20/h9-10,14H,6-8,11-13H2,1-5H3/t20-/m1/s1. The summed E-state index contributed by atoms with van der Waals surface area (Å²) in [5.74, 6) is 1.43. The van der Waals surface area contributed by atoms with Crippen LogP contribution in [0.4, 0.5) is 4.79 Å². The molecule has 2 saturated heterocycles. The van der Waals surface area contributed by atoms with Gasteiger partial charge >= 0.3 is 6.09 Å². The van der Waals surface area contributed by atoms with Gasteiger partial charge in [-0.05, 0) is 42.5 Å². The van der Waals surface area contributed by atoms with Gasteiger partial charge in [0.25, 0.3) is 0 Å². The first kappa shape index (κ1) is 18.1. The van der Waals surface area contributed by atoms with Crippen molar-refractivity contribution in [1.29, 1.82) is 0 Å². The van der Waals surface area contributed by atoms with Gasteiger partial charge in [-0.3, -0.25) is 4.90 Å². The zero-order chi connectivity index (χ0) is 18.2. The molecule has 1 aromatic rings. The number of hydrogen-bond donors (Lipinski definition) is 0. The lowest BCUT2D eigenvalue weighted by Gasteiger charge is -2.23. The molecule has 2 heterocycles. The van der Waals surface area contributed by atoms with Gasteiger partial charge in [0.15, 0.2) is 0 Å². The second-order valence-electron chi connectivity index (χ2n) is 7.77. The number of aryl methyl sites for hydroxylation is 1. The molecule has 1 atom stereocenters. The lowest BCUT2D eigenvalue weighted by molar-refractivity contribution is 0.0627. The molecule has 0 bridgehead atoms. The molecule has 0 aliphatic carbocycles. The van der Waals surface area contributed by atoms with Gasteiger partial charge in [0, 0.05) is 33.1 Å². The quantitative estimate of drug-likeness (QED) is 0.818. The molecule has 1 amide bonds. The van der Waals surface area contributed by atoms with Crippen molar-refractivity contribution in [1.82, 2.24) is 9.80 Å². The highest BCUT2D eigenvalue weighted by molar-refractivity contribution is 5.70. The van der Waals surface area contributed by atoms with Crippen molar-refractivity contribution in [2.24, 2.45) is 0 Å². The summed E-state index contributed by atoms with van der Waals surface area (Å²) in [7, 11) is 1.81. The van der Waals surface area contributed by atoms with Crippen LogP contribution in [-0.4, -0.2) is 54.8 Å². The van der Waals surface area contributed by atoms with Gasteiger partial charge in [-0.1, -0.05) is 19.9 Å². The van der Waals surface area contributed by atoms with E-state index in [4.69, 9.17) is 9.47 Å². The topological polar surface area (TPSA) is 42.0 Å². The molecule has 2 fully saturated rings. The van der Waals surface area contributed by atoms with Crippen molar-refractivity contribution in [3.05, 3.63) is 28.8 Å². The van der Waals surface area contributed by atoms with Crippen LogP contribution in [0.15, 0.2) is 12.1 Å². The maximum absolute atomic E-state index is 11.7. The van der Waals surface area contributed by atoms with Crippen molar-refractivity contribution in [2.75, 3.05) is 33.3 Å². The summed E-state index contributed by atoms with van der Waals surface area (Å²) in [6, 6.07) is 4.46. The van der Waals surface area contributed by atoms with E-state index in [0.29, 0.717) is 19.1 Å². The molecule has 138 valence electrons. The molecule has 0 N–H and O–H groups in total. The summed E-state index contributed by atoms with van der Waals surface area (Å²) < 4.78 is 11.5. The predicted octanol–water partition coefficient (Wildman–Crippen LogP) is 3.54. The van der Waals surface area contributed by atoms with Gasteiger partial charge in [-0.15, -0.1) is 0 Å². The predicted molar refractivity (Wildman–Crippen MR) is 98.2 cm³/mol. The summed E-state index contributed by atoms with van der Waals surface area (Å²) in [6.07, 6.45) is 0.720. The van der Waals surface area contributed by atoms with E-state index in [1.54, 1.807) is 4.90 Å². The van der Waals surface area contributed by atoms with Crippen molar-refractivity contribution in [2.45, 2.75) is 52.2 Å². The van der Waals surface area contributed by atoms with Crippen LogP contribution in [0.25, 0.3) is 0 Å². The molecule has 0 aromatic heterocycles. The Bertz CT molecular complexity index is 659. The molecule has 0 radical (unpaired) electrons. The van der Waals surface area contributed by atoms with E-state index in [2.05, 4.69) is 37.8 Å². The fourth-order valence-corrected chi connectivity index (χ4v) is 3.96. The van der Waals surface area contributed by atoms with Crippen molar-refractivity contribution < 1.29 is 14.3 Å². The Morgan fingerprint density at radius 3 is 2.68 bits per heavy atom. The van der Waals surface area contributed by atoms with Gasteiger partial charge in [0.2, 0.25) is 0 Å². The lowest BCUT2D eigenvalue weighted by Crippen LogP contribution is -2.37. The fourth-order valence-electron chi connectivity index (χ4n) is 3.96. The van der Waals surface area contributed by atoms with E-state index >= 15 is 0 Å². The fraction of sp³-hybridized carbons (Fsp3) is 0.650. The van der Waals surface area contributed by atoms with Crippen molar-refractivity contribution in [3.63, 3.8) is 0 Å². The minimum atomic E-state index is -0.314. The molecule has 0 saturated carbocycles. The molecule has 5 nitrogen and oxygen atoms in total. The Kier molecular flexibility index (Phi) is 4.96. The van der Waals surface area contributed by atoms with Crippen LogP contribution in [0.1, 0.15) is 49.8 Å². The number of likely N-dealkylation sites (N-methyl/N-ethyl adjacent to an activating group) is 1. The van der Waals surface area contributed by atoms with E-state index < -0.39 is 0 Å². The summed E-state index contributed by atoms with van der Waals surface area (Å²) >= 11 is 0. The Morgan fingerprint density at radius 1 is 1.32 bits per heavy atom. The lowest BCUT2D eigenvalue weighted by atomic mass is 9.96. The molecule has 1 spiro atoms. The minimum Gasteiger partial charge on any atom is -0.494 e. The van der Waals surface area contributed by atoms with Gasteiger partial charge < -0.3 is 14.4 Å². The third kappa shape index (κ3) is 3.61. The molecular weight excluding hydrogens is 316 g/mol. The third-order valence-corrected chi connectivity index (χ3v) is 5.32.